The van der Waals surface area contributed by atoms with Crippen LogP contribution in [0.5, 0.6) is 0 Å². The molecule has 0 radical (unpaired) electrons. The predicted molar refractivity (Wildman–Crippen MR) is 79.2 cm³/mol. The van der Waals surface area contributed by atoms with Gasteiger partial charge in [-0.1, -0.05) is 18.2 Å². The number of nitrogens with one attached hydrogen (secondary N) is 1. The van der Waals surface area contributed by atoms with Crippen LogP contribution in [0.2, 0.25) is 0 Å². The van der Waals surface area contributed by atoms with Gasteiger partial charge in [-0.2, -0.15) is 0 Å². The van der Waals surface area contributed by atoms with Crippen LogP contribution in [0.3, 0.4) is 0 Å². The maximum absolute atomic E-state index is 12.3. The minimum absolute atomic E-state index is 0.0273. The van der Waals surface area contributed by atoms with Gasteiger partial charge in [-0.3, -0.25) is 4.72 Å². The van der Waals surface area contributed by atoms with Gasteiger partial charge in [0.05, 0.1) is 17.2 Å². The summed E-state index contributed by atoms with van der Waals surface area (Å²) in [6.07, 6.45) is 0. The lowest BCUT2D eigenvalue weighted by atomic mass is 10.2. The molecule has 0 spiro atoms. The highest BCUT2D eigenvalue weighted by atomic mass is 32.2. The van der Waals surface area contributed by atoms with Crippen LogP contribution in [-0.2, 0) is 21.4 Å². The first-order chi connectivity index (χ1) is 9.94. The normalized spacial score (nSPS) is 11.3. The Labute approximate surface area is 126 Å². The number of sulfonamides is 1. The molecule has 0 aliphatic carbocycles. The monoisotopic (exact) mass is 327 g/mol. The van der Waals surface area contributed by atoms with Crippen molar-refractivity contribution in [1.29, 1.82) is 0 Å². The van der Waals surface area contributed by atoms with E-state index in [0.717, 1.165) is 17.4 Å². The predicted octanol–water partition coefficient (Wildman–Crippen LogP) is 2.39. The van der Waals surface area contributed by atoms with Gasteiger partial charge in [0.15, 0.2) is 0 Å². The van der Waals surface area contributed by atoms with Gasteiger partial charge < -0.3 is 9.84 Å². The molecule has 1 heterocycles. The number of carbonyl (C=O) groups is 1. The van der Waals surface area contributed by atoms with E-state index in [2.05, 4.69) is 4.72 Å². The molecule has 6 nitrogen and oxygen atoms in total. The fraction of sp³-hybridized carbons (Fsp3) is 0.154. The van der Waals surface area contributed by atoms with E-state index in [9.17, 15) is 13.2 Å². The van der Waals surface area contributed by atoms with E-state index in [1.54, 1.807) is 24.3 Å². The summed E-state index contributed by atoms with van der Waals surface area (Å²) in [7, 11) is -2.31. The molecule has 0 saturated heterocycles. The van der Waals surface area contributed by atoms with Gasteiger partial charge in [-0.15, -0.1) is 11.3 Å². The summed E-state index contributed by atoms with van der Waals surface area (Å²) >= 11 is 0.866. The number of hydrogen-bond acceptors (Lipinski definition) is 5. The lowest BCUT2D eigenvalue weighted by Gasteiger charge is -2.11. The highest BCUT2D eigenvalue weighted by Gasteiger charge is 2.19. The molecular weight excluding hydrogens is 314 g/mol. The van der Waals surface area contributed by atoms with Gasteiger partial charge in [0.1, 0.15) is 4.88 Å². The molecule has 8 heteroatoms. The van der Waals surface area contributed by atoms with Crippen molar-refractivity contribution in [3.8, 4) is 0 Å². The minimum Gasteiger partial charge on any atom is -0.477 e. The summed E-state index contributed by atoms with van der Waals surface area (Å²) in [5.74, 6) is -1.15. The Bertz CT molecular complexity index is 751. The fourth-order valence-corrected chi connectivity index (χ4v) is 3.89. The van der Waals surface area contributed by atoms with Crippen molar-refractivity contribution in [3.05, 3.63) is 46.2 Å². The Hall–Kier alpha value is -1.90. The fourth-order valence-electron chi connectivity index (χ4n) is 1.68. The number of anilines is 1. The highest BCUT2D eigenvalue weighted by Crippen LogP contribution is 2.24. The third kappa shape index (κ3) is 3.60. The number of carboxylic acids is 1. The van der Waals surface area contributed by atoms with Crippen molar-refractivity contribution in [3.63, 3.8) is 0 Å². The number of thiophene rings is 1. The number of para-hydroxylation sites is 1. The summed E-state index contributed by atoms with van der Waals surface area (Å²) < 4.78 is 32.0. The van der Waals surface area contributed by atoms with E-state index in [4.69, 9.17) is 9.84 Å². The molecule has 2 rings (SSSR count). The van der Waals surface area contributed by atoms with E-state index in [0.29, 0.717) is 11.3 Å². The van der Waals surface area contributed by atoms with Crippen LogP contribution >= 0.6 is 11.3 Å². The molecule has 0 fully saturated rings. The zero-order chi connectivity index (χ0) is 15.5. The number of methoxy groups -OCH3 is 1. The van der Waals surface area contributed by atoms with Crippen LogP contribution in [-0.4, -0.2) is 26.6 Å². The Morgan fingerprint density at radius 1 is 1.38 bits per heavy atom. The molecule has 0 unspecified atom stereocenters. The molecule has 0 atom stereocenters. The summed E-state index contributed by atoms with van der Waals surface area (Å²) in [5, 5.41) is 10.1. The van der Waals surface area contributed by atoms with Crippen LogP contribution in [0.4, 0.5) is 5.69 Å². The number of benzene rings is 1. The molecule has 0 aliphatic heterocycles. The van der Waals surface area contributed by atoms with Crippen LogP contribution in [0, 0.1) is 0 Å². The van der Waals surface area contributed by atoms with Gasteiger partial charge in [-0.05, 0) is 12.1 Å². The summed E-state index contributed by atoms with van der Waals surface area (Å²) in [6, 6.07) is 7.98. The van der Waals surface area contributed by atoms with E-state index in [1.807, 2.05) is 0 Å². The Kier molecular flexibility index (Phi) is 4.61. The molecule has 1 aromatic carbocycles. The van der Waals surface area contributed by atoms with Crippen molar-refractivity contribution in [1.82, 2.24) is 0 Å². The molecule has 0 aliphatic rings. The quantitative estimate of drug-likeness (QED) is 0.850. The summed E-state index contributed by atoms with van der Waals surface area (Å²) in [6.45, 7) is 0.267. The topological polar surface area (TPSA) is 92.7 Å². The Morgan fingerprint density at radius 3 is 2.71 bits per heavy atom. The van der Waals surface area contributed by atoms with Gasteiger partial charge >= 0.3 is 5.97 Å². The van der Waals surface area contributed by atoms with Crippen molar-refractivity contribution in [2.24, 2.45) is 0 Å². The highest BCUT2D eigenvalue weighted by molar-refractivity contribution is 7.92. The van der Waals surface area contributed by atoms with Crippen molar-refractivity contribution in [2.45, 2.75) is 11.5 Å². The molecular formula is C13H13NO5S2. The average Bonchev–Trinajstić information content (AvgIpc) is 2.92. The second-order valence-electron chi connectivity index (χ2n) is 4.15. The lowest BCUT2D eigenvalue weighted by molar-refractivity contribution is 0.0702. The van der Waals surface area contributed by atoms with Gasteiger partial charge in [0.2, 0.25) is 0 Å². The van der Waals surface area contributed by atoms with Crippen LogP contribution in [0.25, 0.3) is 0 Å². The second kappa shape index (κ2) is 6.25. The third-order valence-corrected chi connectivity index (χ3v) is 5.07. The van der Waals surface area contributed by atoms with Gasteiger partial charge in [0.25, 0.3) is 10.0 Å². The van der Waals surface area contributed by atoms with E-state index in [1.165, 1.54) is 12.5 Å². The van der Waals surface area contributed by atoms with E-state index < -0.39 is 16.0 Å². The molecule has 0 bridgehead atoms. The maximum atomic E-state index is 12.3. The summed E-state index contributed by atoms with van der Waals surface area (Å²) in [5.41, 5.74) is 1.10. The standard InChI is InChI=1S/C13H13NO5S2/c1-19-7-9-4-2-3-5-11(9)14-21(17,18)10-6-12(13(15)16)20-8-10/h2-6,8,14H,7H2,1H3,(H,15,16). The molecule has 2 N–H and O–H groups in total. The first-order valence-corrected chi connectivity index (χ1v) is 8.22. The second-order valence-corrected chi connectivity index (χ2v) is 6.74. The molecule has 2 aromatic rings. The average molecular weight is 327 g/mol. The van der Waals surface area contributed by atoms with Crippen molar-refractivity contribution < 1.29 is 23.1 Å². The van der Waals surface area contributed by atoms with Gasteiger partial charge in [0, 0.05) is 18.1 Å². The zero-order valence-corrected chi connectivity index (χ0v) is 12.7. The minimum atomic E-state index is -3.83. The Morgan fingerprint density at radius 2 is 2.10 bits per heavy atom. The number of aromatic carboxylic acids is 1. The molecule has 112 valence electrons. The Balaban J connectivity index is 2.30. The number of hydrogen-bond donors (Lipinski definition) is 2. The van der Waals surface area contributed by atoms with Crippen LogP contribution in [0.15, 0.2) is 40.6 Å². The van der Waals surface area contributed by atoms with Crippen molar-refractivity contribution in [2.75, 3.05) is 11.8 Å². The van der Waals surface area contributed by atoms with Crippen LogP contribution in [0.1, 0.15) is 15.2 Å². The van der Waals surface area contributed by atoms with E-state index in [-0.39, 0.29) is 16.4 Å². The smallest absolute Gasteiger partial charge is 0.345 e. The maximum Gasteiger partial charge on any atom is 0.345 e. The summed E-state index contributed by atoms with van der Waals surface area (Å²) in [4.78, 5) is 10.7. The van der Waals surface area contributed by atoms with Crippen LogP contribution < -0.4 is 4.72 Å². The molecule has 21 heavy (non-hydrogen) atoms. The number of rotatable bonds is 6. The first kappa shape index (κ1) is 15.5. The third-order valence-electron chi connectivity index (χ3n) is 2.66. The zero-order valence-electron chi connectivity index (χ0n) is 11.1. The van der Waals surface area contributed by atoms with Gasteiger partial charge in [-0.25, -0.2) is 13.2 Å². The largest absolute Gasteiger partial charge is 0.477 e. The SMILES string of the molecule is COCc1ccccc1NS(=O)(=O)c1csc(C(=O)O)c1. The molecule has 1 aromatic heterocycles. The number of carboxylic acid groups (broad SMARTS) is 1. The molecule has 0 saturated carbocycles. The lowest BCUT2D eigenvalue weighted by Crippen LogP contribution is -2.13. The van der Waals surface area contributed by atoms with E-state index >= 15 is 0 Å². The molecule has 0 amide bonds. The van der Waals surface area contributed by atoms with Crippen molar-refractivity contribution >= 4 is 33.0 Å². The number of ether oxygens (including phenoxy) is 1. The first-order valence-electron chi connectivity index (χ1n) is 5.85.